The lowest BCUT2D eigenvalue weighted by Crippen LogP contribution is -2.14. The second-order valence-electron chi connectivity index (χ2n) is 5.68. The molecule has 1 aromatic carbocycles. The Hall–Kier alpha value is -3.42. The minimum atomic E-state index is -3.83. The first kappa shape index (κ1) is 19.3. The SMILES string of the molecule is Cc1sc(C(=O)Nc2ccc(C#N)cc2C(=O)O)cc1S(=O)(=O)n1cccc1. The Bertz CT molecular complexity index is 1220. The Kier molecular flexibility index (Phi) is 5.04. The minimum Gasteiger partial charge on any atom is -0.478 e. The van der Waals surface area contributed by atoms with Gasteiger partial charge in [-0.05, 0) is 43.3 Å². The Labute approximate surface area is 164 Å². The van der Waals surface area contributed by atoms with Crippen LogP contribution in [0.1, 0.15) is 30.5 Å². The van der Waals surface area contributed by atoms with Crippen molar-refractivity contribution in [2.75, 3.05) is 5.32 Å². The van der Waals surface area contributed by atoms with Gasteiger partial charge in [0.2, 0.25) is 0 Å². The lowest BCUT2D eigenvalue weighted by Gasteiger charge is -2.07. The summed E-state index contributed by atoms with van der Waals surface area (Å²) in [5.74, 6) is -1.94. The summed E-state index contributed by atoms with van der Waals surface area (Å²) in [7, 11) is -3.83. The summed E-state index contributed by atoms with van der Waals surface area (Å²) < 4.78 is 26.4. The number of hydrogen-bond acceptors (Lipinski definition) is 6. The number of carbonyl (C=O) groups excluding carboxylic acids is 1. The number of nitrogens with one attached hydrogen (secondary N) is 1. The zero-order valence-corrected chi connectivity index (χ0v) is 16.0. The van der Waals surface area contributed by atoms with E-state index in [1.807, 2.05) is 6.07 Å². The van der Waals surface area contributed by atoms with E-state index in [2.05, 4.69) is 5.32 Å². The van der Waals surface area contributed by atoms with E-state index in [-0.39, 0.29) is 26.6 Å². The quantitative estimate of drug-likeness (QED) is 0.659. The Morgan fingerprint density at radius 2 is 1.89 bits per heavy atom. The molecule has 2 heterocycles. The van der Waals surface area contributed by atoms with Crippen LogP contribution < -0.4 is 5.32 Å². The number of carbonyl (C=O) groups is 2. The topological polar surface area (TPSA) is 129 Å². The number of aromatic carboxylic acids is 1. The fourth-order valence-electron chi connectivity index (χ4n) is 2.51. The van der Waals surface area contributed by atoms with Crippen molar-refractivity contribution in [2.24, 2.45) is 0 Å². The van der Waals surface area contributed by atoms with Crippen molar-refractivity contribution >= 4 is 38.9 Å². The van der Waals surface area contributed by atoms with Crippen molar-refractivity contribution in [1.82, 2.24) is 3.97 Å². The zero-order chi connectivity index (χ0) is 20.5. The molecule has 3 rings (SSSR count). The van der Waals surface area contributed by atoms with Gasteiger partial charge in [-0.3, -0.25) is 4.79 Å². The first-order chi connectivity index (χ1) is 13.2. The first-order valence-electron chi connectivity index (χ1n) is 7.82. The molecule has 0 radical (unpaired) electrons. The fourth-order valence-corrected chi connectivity index (χ4v) is 5.15. The molecule has 0 fully saturated rings. The average molecular weight is 415 g/mol. The number of aryl methyl sites for hydroxylation is 1. The molecule has 10 heteroatoms. The van der Waals surface area contributed by atoms with Crippen LogP contribution in [0.15, 0.2) is 53.7 Å². The second-order valence-corrected chi connectivity index (χ2v) is 8.75. The summed E-state index contributed by atoms with van der Waals surface area (Å²) in [5.41, 5.74) is -0.0827. The number of nitriles is 1. The van der Waals surface area contributed by atoms with Crippen molar-refractivity contribution in [3.8, 4) is 6.07 Å². The van der Waals surface area contributed by atoms with E-state index in [0.29, 0.717) is 4.88 Å². The van der Waals surface area contributed by atoms with Gasteiger partial charge in [0.05, 0.1) is 27.8 Å². The van der Waals surface area contributed by atoms with Crippen LogP contribution in [0.25, 0.3) is 0 Å². The van der Waals surface area contributed by atoms with Crippen molar-refractivity contribution in [3.63, 3.8) is 0 Å². The van der Waals surface area contributed by atoms with Crippen molar-refractivity contribution in [3.05, 3.63) is 69.7 Å². The van der Waals surface area contributed by atoms with E-state index in [1.54, 1.807) is 19.1 Å². The standard InChI is InChI=1S/C18H13N3O5S2/c1-11-16(28(25,26)21-6-2-3-7-21)9-15(27-11)17(22)20-14-5-4-12(10-19)8-13(14)18(23)24/h2-9H,1H3,(H,20,22)(H,23,24). The maximum atomic E-state index is 12.7. The minimum absolute atomic E-state index is 0.00265. The summed E-state index contributed by atoms with van der Waals surface area (Å²) in [6.45, 7) is 1.59. The van der Waals surface area contributed by atoms with Gasteiger partial charge in [0.25, 0.3) is 15.9 Å². The van der Waals surface area contributed by atoms with Gasteiger partial charge in [-0.15, -0.1) is 11.3 Å². The van der Waals surface area contributed by atoms with Gasteiger partial charge in [-0.25, -0.2) is 17.2 Å². The lowest BCUT2D eigenvalue weighted by molar-refractivity contribution is 0.0698. The third kappa shape index (κ3) is 3.53. The van der Waals surface area contributed by atoms with Crippen LogP contribution in [0.2, 0.25) is 0 Å². The molecular formula is C18H13N3O5S2. The van der Waals surface area contributed by atoms with Crippen LogP contribution in [0.5, 0.6) is 0 Å². The number of amides is 1. The monoisotopic (exact) mass is 415 g/mol. The molecule has 0 bridgehead atoms. The number of nitrogens with zero attached hydrogens (tertiary/aromatic N) is 2. The van der Waals surface area contributed by atoms with Crippen LogP contribution in [0.3, 0.4) is 0 Å². The molecule has 0 unspecified atom stereocenters. The summed E-state index contributed by atoms with van der Waals surface area (Å²) in [4.78, 5) is 24.5. The van der Waals surface area contributed by atoms with Gasteiger partial charge in [0.15, 0.2) is 0 Å². The van der Waals surface area contributed by atoms with Gasteiger partial charge in [0, 0.05) is 17.3 Å². The Balaban J connectivity index is 1.94. The smallest absolute Gasteiger partial charge is 0.337 e. The van der Waals surface area contributed by atoms with Crippen LogP contribution in [0.4, 0.5) is 5.69 Å². The van der Waals surface area contributed by atoms with Crippen molar-refractivity contribution in [2.45, 2.75) is 11.8 Å². The third-order valence-corrected chi connectivity index (χ3v) is 6.81. The highest BCUT2D eigenvalue weighted by atomic mass is 32.2. The maximum absolute atomic E-state index is 12.7. The lowest BCUT2D eigenvalue weighted by atomic mass is 10.1. The summed E-state index contributed by atoms with van der Waals surface area (Å²) in [6.07, 6.45) is 2.78. The molecule has 0 aliphatic carbocycles. The van der Waals surface area contributed by atoms with Crippen LogP contribution >= 0.6 is 11.3 Å². The molecule has 2 N–H and O–H groups in total. The van der Waals surface area contributed by atoms with Crippen LogP contribution in [-0.4, -0.2) is 29.4 Å². The Morgan fingerprint density at radius 1 is 1.21 bits per heavy atom. The van der Waals surface area contributed by atoms with Gasteiger partial charge < -0.3 is 10.4 Å². The molecule has 0 atom stereocenters. The highest BCUT2D eigenvalue weighted by molar-refractivity contribution is 7.90. The molecule has 3 aromatic rings. The highest BCUT2D eigenvalue weighted by Gasteiger charge is 2.24. The molecular weight excluding hydrogens is 402 g/mol. The van der Waals surface area contributed by atoms with E-state index in [1.165, 1.54) is 30.6 Å². The molecule has 1 amide bonds. The van der Waals surface area contributed by atoms with Gasteiger partial charge in [0.1, 0.15) is 4.90 Å². The number of carboxylic acids is 1. The second kappa shape index (κ2) is 7.30. The van der Waals surface area contributed by atoms with E-state index in [0.717, 1.165) is 21.4 Å². The number of aromatic nitrogens is 1. The number of carboxylic acid groups (broad SMARTS) is 1. The van der Waals surface area contributed by atoms with Gasteiger partial charge >= 0.3 is 5.97 Å². The highest BCUT2D eigenvalue weighted by Crippen LogP contribution is 2.28. The summed E-state index contributed by atoms with van der Waals surface area (Å²) in [5, 5.41) is 20.7. The largest absolute Gasteiger partial charge is 0.478 e. The predicted octanol–water partition coefficient (Wildman–Crippen LogP) is 2.92. The molecule has 0 aliphatic rings. The van der Waals surface area contributed by atoms with Gasteiger partial charge in [-0.2, -0.15) is 5.26 Å². The number of thiophene rings is 1. The Morgan fingerprint density at radius 3 is 2.50 bits per heavy atom. The normalized spacial score (nSPS) is 11.0. The fraction of sp³-hybridized carbons (Fsp3) is 0.0556. The van der Waals surface area contributed by atoms with E-state index >= 15 is 0 Å². The summed E-state index contributed by atoms with van der Waals surface area (Å²) >= 11 is 0.983. The van der Waals surface area contributed by atoms with E-state index in [4.69, 9.17) is 5.26 Å². The van der Waals surface area contributed by atoms with Crippen molar-refractivity contribution in [1.29, 1.82) is 5.26 Å². The third-order valence-electron chi connectivity index (χ3n) is 3.86. The molecule has 0 saturated heterocycles. The maximum Gasteiger partial charge on any atom is 0.337 e. The molecule has 0 spiro atoms. The number of rotatable bonds is 5. The zero-order valence-electron chi connectivity index (χ0n) is 14.4. The molecule has 2 aromatic heterocycles. The predicted molar refractivity (Wildman–Crippen MR) is 102 cm³/mol. The van der Waals surface area contributed by atoms with E-state index in [9.17, 15) is 23.1 Å². The number of benzene rings is 1. The summed E-state index contributed by atoms with van der Waals surface area (Å²) in [6, 6.07) is 10.1. The number of hydrogen-bond donors (Lipinski definition) is 2. The molecule has 0 aliphatic heterocycles. The molecule has 142 valence electrons. The van der Waals surface area contributed by atoms with Crippen LogP contribution in [-0.2, 0) is 10.0 Å². The molecule has 28 heavy (non-hydrogen) atoms. The first-order valence-corrected chi connectivity index (χ1v) is 10.1. The number of anilines is 1. The van der Waals surface area contributed by atoms with Crippen molar-refractivity contribution < 1.29 is 23.1 Å². The van der Waals surface area contributed by atoms with Crippen LogP contribution in [0, 0.1) is 18.3 Å². The molecule has 8 nitrogen and oxygen atoms in total. The van der Waals surface area contributed by atoms with E-state index < -0.39 is 21.9 Å². The average Bonchev–Trinajstić information content (AvgIpc) is 3.32. The molecule has 0 saturated carbocycles. The van der Waals surface area contributed by atoms with Gasteiger partial charge in [-0.1, -0.05) is 0 Å².